The summed E-state index contributed by atoms with van der Waals surface area (Å²) in [6.07, 6.45) is 1.35. The Labute approximate surface area is 203 Å². The molecule has 0 radical (unpaired) electrons. The van der Waals surface area contributed by atoms with Crippen molar-refractivity contribution >= 4 is 61.5 Å². The molecule has 4 amide bonds. The highest BCUT2D eigenvalue weighted by molar-refractivity contribution is 9.10. The number of halogens is 2. The standard InChI is InChI=1S/C23H22Br2N2O5/c1-5-31-19-11-14(10-18(25)20(19)32-12(2)3)9-16-21(28)26-23(30)27(22(16)29)15-6-7-17(24)13(4)8-15/h6-12H,5H2,1-4H3,(H,26,28,30)/b16-9-. The summed E-state index contributed by atoms with van der Waals surface area (Å²) < 4.78 is 13.0. The van der Waals surface area contributed by atoms with E-state index in [1.807, 2.05) is 27.7 Å². The topological polar surface area (TPSA) is 84.9 Å². The highest BCUT2D eigenvalue weighted by Gasteiger charge is 2.37. The third-order valence-electron chi connectivity index (χ3n) is 4.50. The van der Waals surface area contributed by atoms with E-state index in [-0.39, 0.29) is 11.7 Å². The van der Waals surface area contributed by atoms with Gasteiger partial charge in [-0.15, -0.1) is 0 Å². The third-order valence-corrected chi connectivity index (χ3v) is 5.98. The number of barbiturate groups is 1. The summed E-state index contributed by atoms with van der Waals surface area (Å²) in [5.74, 6) is -0.466. The van der Waals surface area contributed by atoms with Gasteiger partial charge in [-0.05, 0) is 91.2 Å². The van der Waals surface area contributed by atoms with Crippen molar-refractivity contribution in [3.8, 4) is 11.5 Å². The van der Waals surface area contributed by atoms with Crippen molar-refractivity contribution in [1.82, 2.24) is 5.32 Å². The fourth-order valence-corrected chi connectivity index (χ4v) is 3.91. The average Bonchev–Trinajstić information content (AvgIpc) is 2.70. The molecule has 2 aromatic rings. The third kappa shape index (κ3) is 5.05. The number of hydrogen-bond donors (Lipinski definition) is 1. The molecule has 1 N–H and O–H groups in total. The lowest BCUT2D eigenvalue weighted by Crippen LogP contribution is -2.54. The van der Waals surface area contributed by atoms with Crippen LogP contribution >= 0.6 is 31.9 Å². The molecule has 1 heterocycles. The summed E-state index contributed by atoms with van der Waals surface area (Å²) in [5, 5.41) is 2.23. The first kappa shape index (κ1) is 24.0. The predicted octanol–water partition coefficient (Wildman–Crippen LogP) is 5.37. The highest BCUT2D eigenvalue weighted by atomic mass is 79.9. The van der Waals surface area contributed by atoms with Crippen LogP contribution in [-0.4, -0.2) is 30.6 Å². The monoisotopic (exact) mass is 564 g/mol. The van der Waals surface area contributed by atoms with Gasteiger partial charge in [-0.25, -0.2) is 9.69 Å². The van der Waals surface area contributed by atoms with Crippen LogP contribution in [0.3, 0.4) is 0 Å². The number of urea groups is 1. The Morgan fingerprint density at radius 1 is 1.09 bits per heavy atom. The lowest BCUT2D eigenvalue weighted by molar-refractivity contribution is -0.122. The fraction of sp³-hybridized carbons (Fsp3) is 0.261. The molecule has 0 spiro atoms. The molecular formula is C23H22Br2N2O5. The van der Waals surface area contributed by atoms with Gasteiger partial charge in [0, 0.05) is 4.47 Å². The number of aryl methyl sites for hydroxylation is 1. The number of carbonyl (C=O) groups excluding carboxylic acids is 3. The highest BCUT2D eigenvalue weighted by Crippen LogP contribution is 2.38. The van der Waals surface area contributed by atoms with Crippen LogP contribution in [0.15, 0.2) is 44.9 Å². The van der Waals surface area contributed by atoms with Crippen molar-refractivity contribution in [3.05, 3.63) is 56.0 Å². The molecule has 0 saturated carbocycles. The van der Waals surface area contributed by atoms with Gasteiger partial charge in [0.25, 0.3) is 11.8 Å². The van der Waals surface area contributed by atoms with Gasteiger partial charge >= 0.3 is 6.03 Å². The second-order valence-electron chi connectivity index (χ2n) is 7.32. The molecule has 0 unspecified atom stereocenters. The molecule has 0 atom stereocenters. The molecule has 0 aromatic heterocycles. The maximum Gasteiger partial charge on any atom is 0.335 e. The average molecular weight is 566 g/mol. The van der Waals surface area contributed by atoms with Crippen LogP contribution in [0.5, 0.6) is 11.5 Å². The van der Waals surface area contributed by atoms with Crippen LogP contribution in [0.1, 0.15) is 31.9 Å². The minimum atomic E-state index is -0.796. The van der Waals surface area contributed by atoms with Crippen molar-refractivity contribution in [2.45, 2.75) is 33.8 Å². The number of amides is 4. The molecule has 1 fully saturated rings. The number of anilines is 1. The number of nitrogens with zero attached hydrogens (tertiary/aromatic N) is 1. The molecule has 0 bridgehead atoms. The Hall–Kier alpha value is -2.65. The van der Waals surface area contributed by atoms with Gasteiger partial charge in [0.1, 0.15) is 5.57 Å². The van der Waals surface area contributed by atoms with Crippen LogP contribution in [0, 0.1) is 6.92 Å². The van der Waals surface area contributed by atoms with Crippen molar-refractivity contribution in [3.63, 3.8) is 0 Å². The maximum atomic E-state index is 13.2. The Balaban J connectivity index is 2.04. The number of hydrogen-bond acceptors (Lipinski definition) is 5. The molecule has 1 saturated heterocycles. The largest absolute Gasteiger partial charge is 0.490 e. The van der Waals surface area contributed by atoms with Crippen LogP contribution < -0.4 is 19.7 Å². The summed E-state index contributed by atoms with van der Waals surface area (Å²) in [6, 6.07) is 7.67. The Bertz CT molecular complexity index is 1130. The van der Waals surface area contributed by atoms with E-state index in [2.05, 4.69) is 37.2 Å². The maximum absolute atomic E-state index is 13.2. The first-order valence-corrected chi connectivity index (χ1v) is 11.5. The number of nitrogens with one attached hydrogen (secondary N) is 1. The lowest BCUT2D eigenvalue weighted by Gasteiger charge is -2.26. The van der Waals surface area contributed by atoms with E-state index in [1.165, 1.54) is 6.08 Å². The van der Waals surface area contributed by atoms with Gasteiger partial charge in [-0.1, -0.05) is 15.9 Å². The first-order valence-electron chi connectivity index (χ1n) is 9.93. The molecule has 1 aliphatic heterocycles. The summed E-state index contributed by atoms with van der Waals surface area (Å²) in [4.78, 5) is 39.0. The number of imide groups is 2. The minimum Gasteiger partial charge on any atom is -0.490 e. The summed E-state index contributed by atoms with van der Waals surface area (Å²) in [5.41, 5.74) is 1.58. The van der Waals surface area contributed by atoms with Gasteiger partial charge in [0.15, 0.2) is 11.5 Å². The number of benzene rings is 2. The van der Waals surface area contributed by atoms with Crippen molar-refractivity contribution in [2.75, 3.05) is 11.5 Å². The van der Waals surface area contributed by atoms with E-state index in [0.29, 0.717) is 33.8 Å². The zero-order chi connectivity index (χ0) is 23.6. The Morgan fingerprint density at radius 3 is 2.44 bits per heavy atom. The SMILES string of the molecule is CCOc1cc(/C=C2/C(=O)NC(=O)N(c3ccc(Br)c(C)c3)C2=O)cc(Br)c1OC(C)C. The van der Waals surface area contributed by atoms with Crippen LogP contribution in [0.25, 0.3) is 6.08 Å². The smallest absolute Gasteiger partial charge is 0.335 e. The molecule has 1 aliphatic rings. The number of ether oxygens (including phenoxy) is 2. The van der Waals surface area contributed by atoms with Gasteiger partial charge in [-0.3, -0.25) is 14.9 Å². The van der Waals surface area contributed by atoms with Gasteiger partial charge in [0.05, 0.1) is 22.9 Å². The van der Waals surface area contributed by atoms with E-state index in [9.17, 15) is 14.4 Å². The number of carbonyl (C=O) groups is 3. The summed E-state index contributed by atoms with van der Waals surface area (Å²) >= 11 is 6.88. The van der Waals surface area contributed by atoms with Crippen LogP contribution in [-0.2, 0) is 9.59 Å². The van der Waals surface area contributed by atoms with E-state index >= 15 is 0 Å². The predicted molar refractivity (Wildman–Crippen MR) is 129 cm³/mol. The molecule has 7 nitrogen and oxygen atoms in total. The van der Waals surface area contributed by atoms with E-state index in [0.717, 1.165) is 14.9 Å². The Kier molecular flexibility index (Phi) is 7.40. The molecule has 9 heteroatoms. The van der Waals surface area contributed by atoms with E-state index < -0.39 is 17.8 Å². The second kappa shape index (κ2) is 9.87. The van der Waals surface area contributed by atoms with Gasteiger partial charge in [-0.2, -0.15) is 0 Å². The van der Waals surface area contributed by atoms with Gasteiger partial charge in [0.2, 0.25) is 0 Å². The van der Waals surface area contributed by atoms with E-state index in [1.54, 1.807) is 30.3 Å². The van der Waals surface area contributed by atoms with Crippen molar-refractivity contribution in [2.24, 2.45) is 0 Å². The fourth-order valence-electron chi connectivity index (χ4n) is 3.11. The van der Waals surface area contributed by atoms with Crippen molar-refractivity contribution < 1.29 is 23.9 Å². The molecule has 3 rings (SSSR count). The van der Waals surface area contributed by atoms with Crippen LogP contribution in [0.4, 0.5) is 10.5 Å². The normalized spacial score (nSPS) is 15.4. The van der Waals surface area contributed by atoms with E-state index in [4.69, 9.17) is 9.47 Å². The molecule has 168 valence electrons. The lowest BCUT2D eigenvalue weighted by atomic mass is 10.1. The quantitative estimate of drug-likeness (QED) is 0.376. The van der Waals surface area contributed by atoms with Crippen LogP contribution in [0.2, 0.25) is 0 Å². The first-order chi connectivity index (χ1) is 15.1. The summed E-state index contributed by atoms with van der Waals surface area (Å²) in [7, 11) is 0. The zero-order valence-electron chi connectivity index (χ0n) is 18.0. The molecule has 32 heavy (non-hydrogen) atoms. The minimum absolute atomic E-state index is 0.0747. The molecular weight excluding hydrogens is 544 g/mol. The van der Waals surface area contributed by atoms with Gasteiger partial charge < -0.3 is 9.47 Å². The molecule has 2 aromatic carbocycles. The zero-order valence-corrected chi connectivity index (χ0v) is 21.2. The second-order valence-corrected chi connectivity index (χ2v) is 9.03. The molecule has 0 aliphatic carbocycles. The Morgan fingerprint density at radius 2 is 1.81 bits per heavy atom. The summed E-state index contributed by atoms with van der Waals surface area (Å²) in [6.45, 7) is 7.90. The van der Waals surface area contributed by atoms with Crippen molar-refractivity contribution in [1.29, 1.82) is 0 Å². The number of rotatable bonds is 6.